The number of hydrogen-bond donors (Lipinski definition) is 0. The summed E-state index contributed by atoms with van der Waals surface area (Å²) in [4.78, 5) is 18.9. The highest BCUT2D eigenvalue weighted by Gasteiger charge is 2.35. The fraction of sp³-hybridized carbons (Fsp3) is 0.316. The number of aromatic nitrogens is 1. The minimum Gasteiger partial charge on any atom is -0.360 e. The minimum atomic E-state index is -4.39. The van der Waals surface area contributed by atoms with Gasteiger partial charge in [0, 0.05) is 37.6 Å². The molecule has 1 saturated heterocycles. The van der Waals surface area contributed by atoms with Crippen LogP contribution in [0.1, 0.15) is 16.7 Å². The van der Waals surface area contributed by atoms with Crippen LogP contribution in [0, 0.1) is 11.3 Å². The number of nitrogens with zero attached hydrogens (tertiary/aromatic N) is 4. The molecule has 2 aromatic rings. The average molecular weight is 374 g/mol. The van der Waals surface area contributed by atoms with Crippen LogP contribution in [-0.4, -0.2) is 48.1 Å². The molecule has 2 heterocycles. The normalized spacial score (nSPS) is 15.0. The van der Waals surface area contributed by atoms with Gasteiger partial charge in [-0.05, 0) is 29.3 Å². The van der Waals surface area contributed by atoms with Gasteiger partial charge in [0.2, 0.25) is 5.91 Å². The summed E-state index contributed by atoms with van der Waals surface area (Å²) in [5.74, 6) is -0.542. The summed E-state index contributed by atoms with van der Waals surface area (Å²) in [5, 5.41) is 8.88. The Morgan fingerprint density at radius 1 is 1.15 bits per heavy atom. The lowest BCUT2D eigenvalue weighted by Crippen LogP contribution is -2.53. The van der Waals surface area contributed by atoms with E-state index in [-0.39, 0.29) is 13.1 Å². The Morgan fingerprint density at radius 3 is 2.52 bits per heavy atom. The lowest BCUT2D eigenvalue weighted by atomic mass is 10.0. The van der Waals surface area contributed by atoms with Crippen LogP contribution in [0.5, 0.6) is 0 Å². The smallest absolute Gasteiger partial charge is 0.360 e. The zero-order chi connectivity index (χ0) is 19.4. The molecule has 1 aromatic carbocycles. The molecule has 0 aliphatic carbocycles. The second kappa shape index (κ2) is 7.66. The van der Waals surface area contributed by atoms with Crippen molar-refractivity contribution in [1.82, 2.24) is 9.88 Å². The molecule has 140 valence electrons. The van der Waals surface area contributed by atoms with Gasteiger partial charge < -0.3 is 9.80 Å². The summed E-state index contributed by atoms with van der Waals surface area (Å²) >= 11 is 0. The lowest BCUT2D eigenvalue weighted by Gasteiger charge is -2.36. The van der Waals surface area contributed by atoms with Gasteiger partial charge in [-0.25, -0.2) is 0 Å². The van der Waals surface area contributed by atoms with Crippen molar-refractivity contribution < 1.29 is 18.0 Å². The molecule has 5 nitrogen and oxygen atoms in total. The quantitative estimate of drug-likeness (QED) is 0.826. The van der Waals surface area contributed by atoms with E-state index >= 15 is 0 Å². The predicted molar refractivity (Wildman–Crippen MR) is 93.0 cm³/mol. The van der Waals surface area contributed by atoms with E-state index in [1.54, 1.807) is 35.5 Å². The second-order valence-electron chi connectivity index (χ2n) is 6.34. The van der Waals surface area contributed by atoms with Gasteiger partial charge in [0.15, 0.2) is 0 Å². The third-order valence-corrected chi connectivity index (χ3v) is 4.38. The number of nitriles is 1. The number of halogens is 3. The van der Waals surface area contributed by atoms with Crippen molar-refractivity contribution in [1.29, 1.82) is 5.26 Å². The Hall–Kier alpha value is -3.08. The third kappa shape index (κ3) is 4.76. The Kier molecular flexibility index (Phi) is 5.31. The van der Waals surface area contributed by atoms with Gasteiger partial charge in [-0.15, -0.1) is 0 Å². The summed E-state index contributed by atoms with van der Waals surface area (Å²) in [6, 6.07) is 11.0. The van der Waals surface area contributed by atoms with Gasteiger partial charge in [0.25, 0.3) is 0 Å². The number of pyridine rings is 1. The molecule has 0 saturated carbocycles. The van der Waals surface area contributed by atoms with E-state index in [0.717, 1.165) is 21.7 Å². The molecule has 3 rings (SSSR count). The first-order chi connectivity index (χ1) is 12.9. The summed E-state index contributed by atoms with van der Waals surface area (Å²) in [6.45, 7) is -0.961. The first-order valence-electron chi connectivity index (χ1n) is 8.37. The van der Waals surface area contributed by atoms with Crippen LogP contribution in [-0.2, 0) is 11.2 Å². The number of carbonyl (C=O) groups is 1. The standard InChI is InChI=1S/C19H17F3N4O/c20-19(21,22)13-26-8-7-25(12-18(26)27)17-5-6-24-11-16(17)9-14-1-3-15(10-23)4-2-14/h1-6,11H,7-9,12-13H2. The highest BCUT2D eigenvalue weighted by molar-refractivity contribution is 5.83. The van der Waals surface area contributed by atoms with E-state index < -0.39 is 18.6 Å². The average Bonchev–Trinajstić information content (AvgIpc) is 2.63. The lowest BCUT2D eigenvalue weighted by molar-refractivity contribution is -0.161. The van der Waals surface area contributed by atoms with Crippen molar-refractivity contribution in [3.05, 3.63) is 59.4 Å². The van der Waals surface area contributed by atoms with Gasteiger partial charge in [0.1, 0.15) is 6.54 Å². The molecule has 0 spiro atoms. The zero-order valence-corrected chi connectivity index (χ0v) is 14.4. The largest absolute Gasteiger partial charge is 0.406 e. The number of amides is 1. The van der Waals surface area contributed by atoms with Crippen molar-refractivity contribution in [2.75, 3.05) is 31.1 Å². The fourth-order valence-electron chi connectivity index (χ4n) is 3.08. The van der Waals surface area contributed by atoms with E-state index in [4.69, 9.17) is 5.26 Å². The van der Waals surface area contributed by atoms with Crippen molar-refractivity contribution in [2.24, 2.45) is 0 Å². The number of benzene rings is 1. The van der Waals surface area contributed by atoms with Crippen LogP contribution in [0.15, 0.2) is 42.7 Å². The van der Waals surface area contributed by atoms with Crippen LogP contribution in [0.3, 0.4) is 0 Å². The molecule has 1 aromatic heterocycles. The Morgan fingerprint density at radius 2 is 1.89 bits per heavy atom. The van der Waals surface area contributed by atoms with E-state index in [9.17, 15) is 18.0 Å². The molecule has 0 bridgehead atoms. The van der Waals surface area contributed by atoms with E-state index in [1.807, 2.05) is 12.1 Å². The van der Waals surface area contributed by atoms with Crippen molar-refractivity contribution in [3.8, 4) is 6.07 Å². The third-order valence-electron chi connectivity index (χ3n) is 4.38. The number of rotatable bonds is 4. The summed E-state index contributed by atoms with van der Waals surface area (Å²) in [6.07, 6.45) is -0.550. The van der Waals surface area contributed by atoms with Crippen LogP contribution in [0.4, 0.5) is 18.9 Å². The van der Waals surface area contributed by atoms with Gasteiger partial charge in [-0.1, -0.05) is 12.1 Å². The Bertz CT molecular complexity index is 858. The molecule has 0 unspecified atom stereocenters. The first-order valence-corrected chi connectivity index (χ1v) is 8.37. The van der Waals surface area contributed by atoms with Crippen molar-refractivity contribution in [2.45, 2.75) is 12.6 Å². The molecular weight excluding hydrogens is 357 g/mol. The number of carbonyl (C=O) groups excluding carboxylic acids is 1. The molecule has 1 aliphatic heterocycles. The number of hydrogen-bond acceptors (Lipinski definition) is 4. The van der Waals surface area contributed by atoms with Crippen LogP contribution < -0.4 is 4.90 Å². The van der Waals surface area contributed by atoms with Crippen molar-refractivity contribution >= 4 is 11.6 Å². The highest BCUT2D eigenvalue weighted by atomic mass is 19.4. The van der Waals surface area contributed by atoms with Crippen LogP contribution in [0.2, 0.25) is 0 Å². The molecule has 1 amide bonds. The van der Waals surface area contributed by atoms with Crippen molar-refractivity contribution in [3.63, 3.8) is 0 Å². The first kappa shape index (κ1) is 18.7. The minimum absolute atomic E-state index is 0.0248. The zero-order valence-electron chi connectivity index (χ0n) is 14.4. The van der Waals surface area contributed by atoms with Gasteiger partial charge >= 0.3 is 6.18 Å². The molecular formula is C19H17F3N4O. The molecule has 27 heavy (non-hydrogen) atoms. The van der Waals surface area contributed by atoms with E-state index in [0.29, 0.717) is 18.5 Å². The molecule has 1 aliphatic rings. The summed E-state index contributed by atoms with van der Waals surface area (Å²) < 4.78 is 37.7. The second-order valence-corrected chi connectivity index (χ2v) is 6.34. The monoisotopic (exact) mass is 374 g/mol. The van der Waals surface area contributed by atoms with E-state index in [2.05, 4.69) is 11.1 Å². The van der Waals surface area contributed by atoms with E-state index in [1.165, 1.54) is 0 Å². The topological polar surface area (TPSA) is 60.2 Å². The molecule has 0 radical (unpaired) electrons. The number of alkyl halides is 3. The number of anilines is 1. The molecule has 1 fully saturated rings. The Labute approximate surface area is 154 Å². The van der Waals surface area contributed by atoms with Gasteiger partial charge in [-0.3, -0.25) is 9.78 Å². The Balaban J connectivity index is 1.74. The molecule has 8 heteroatoms. The maximum Gasteiger partial charge on any atom is 0.406 e. The van der Waals surface area contributed by atoms with Crippen LogP contribution in [0.25, 0.3) is 0 Å². The predicted octanol–water partition coefficient (Wildman–Crippen LogP) is 2.75. The van der Waals surface area contributed by atoms with Gasteiger partial charge in [0.05, 0.1) is 18.2 Å². The fourth-order valence-corrected chi connectivity index (χ4v) is 3.08. The molecule has 0 N–H and O–H groups in total. The maximum absolute atomic E-state index is 12.6. The van der Waals surface area contributed by atoms with Crippen LogP contribution >= 0.6 is 0 Å². The number of piperazine rings is 1. The van der Waals surface area contributed by atoms with Gasteiger partial charge in [-0.2, -0.15) is 18.4 Å². The highest BCUT2D eigenvalue weighted by Crippen LogP contribution is 2.25. The molecule has 0 atom stereocenters. The summed E-state index contributed by atoms with van der Waals surface area (Å²) in [7, 11) is 0. The summed E-state index contributed by atoms with van der Waals surface area (Å²) in [5.41, 5.74) is 3.20. The maximum atomic E-state index is 12.6. The SMILES string of the molecule is N#Cc1ccc(Cc2cnccc2N2CCN(CC(F)(F)F)C(=O)C2)cc1.